The van der Waals surface area contributed by atoms with Gasteiger partial charge in [-0.3, -0.25) is 14.5 Å². The number of ether oxygens (including phenoxy) is 5. The molecule has 2 aromatic carbocycles. The number of hydrogen-bond donors (Lipinski definition) is 2. The van der Waals surface area contributed by atoms with Gasteiger partial charge < -0.3 is 38.7 Å². The number of aliphatic hydroxyl groups is 1. The van der Waals surface area contributed by atoms with Gasteiger partial charge in [0.15, 0.2) is 0 Å². The molecule has 0 fully saturated rings. The Bertz CT molecular complexity index is 1690. The normalized spacial score (nSPS) is 12.1. The van der Waals surface area contributed by atoms with Gasteiger partial charge in [0, 0.05) is 68.1 Å². The fourth-order valence-corrected chi connectivity index (χ4v) is 6.80. The van der Waals surface area contributed by atoms with Crippen molar-refractivity contribution in [3.8, 4) is 5.75 Å². The van der Waals surface area contributed by atoms with E-state index >= 15 is 0 Å². The largest absolute Gasteiger partial charge is 0.491 e. The first-order valence-corrected chi connectivity index (χ1v) is 17.3. The quantitative estimate of drug-likeness (QED) is 0.120. The summed E-state index contributed by atoms with van der Waals surface area (Å²) in [5.41, 5.74) is 3.56. The summed E-state index contributed by atoms with van der Waals surface area (Å²) >= 11 is 7.36. The molecule has 0 aliphatic rings. The average Bonchev–Trinajstić information content (AvgIpc) is 3.45. The number of pyridine rings is 1. The lowest BCUT2D eigenvalue weighted by atomic mass is 10.1. The van der Waals surface area contributed by atoms with Crippen LogP contribution in [0.1, 0.15) is 33.2 Å². The summed E-state index contributed by atoms with van der Waals surface area (Å²) in [6, 6.07) is 14.6. The first-order chi connectivity index (χ1) is 23.7. The van der Waals surface area contributed by atoms with Crippen LogP contribution in [0.5, 0.6) is 5.75 Å². The molecule has 11 nitrogen and oxygen atoms in total. The summed E-state index contributed by atoms with van der Waals surface area (Å²) < 4.78 is 29.8. The Labute approximate surface area is 296 Å². The highest BCUT2D eigenvalue weighted by atomic mass is 35.5. The maximum Gasteiger partial charge on any atom is 0.224 e. The number of nitrogens with zero attached hydrogens (tertiary/aromatic N) is 2. The number of carbonyl (C=O) groups excluding carboxylic acids is 1. The predicted molar refractivity (Wildman–Crippen MR) is 192 cm³/mol. The highest BCUT2D eigenvalue weighted by molar-refractivity contribution is 7.19. The van der Waals surface area contributed by atoms with Crippen molar-refractivity contribution in [2.75, 3.05) is 67.5 Å². The number of aliphatic hydroxyl groups excluding tert-OH is 1. The Balaban J connectivity index is 1.46. The van der Waals surface area contributed by atoms with Crippen LogP contribution in [-0.4, -0.2) is 87.9 Å². The lowest BCUT2D eigenvalue weighted by Gasteiger charge is -2.21. The number of benzene rings is 2. The number of thiophene rings is 1. The second kappa shape index (κ2) is 19.8. The summed E-state index contributed by atoms with van der Waals surface area (Å²) in [5.74, 6) is 0.407. The number of methoxy groups -OCH3 is 2. The van der Waals surface area contributed by atoms with Gasteiger partial charge in [-0.2, -0.15) is 0 Å². The molecule has 0 saturated heterocycles. The zero-order valence-corrected chi connectivity index (χ0v) is 30.1. The lowest BCUT2D eigenvalue weighted by Crippen LogP contribution is -2.27. The Hall–Kier alpha value is -3.33. The van der Waals surface area contributed by atoms with Crippen molar-refractivity contribution in [3.63, 3.8) is 0 Å². The van der Waals surface area contributed by atoms with Crippen LogP contribution in [0.15, 0.2) is 59.5 Å². The van der Waals surface area contributed by atoms with Gasteiger partial charge in [-0.05, 0) is 42.4 Å². The van der Waals surface area contributed by atoms with Gasteiger partial charge in [0.1, 0.15) is 12.4 Å². The number of aryl methyl sites for hydroxylation is 1. The molecular weight excluding hydrogens is 670 g/mol. The zero-order valence-electron chi connectivity index (χ0n) is 28.5. The van der Waals surface area contributed by atoms with E-state index in [1.165, 1.54) is 11.3 Å². The number of fused-ring (bicyclic) bond motifs is 1. The molecule has 0 aliphatic heterocycles. The summed E-state index contributed by atoms with van der Waals surface area (Å²) in [4.78, 5) is 29.6. The molecule has 4 rings (SSSR count). The number of rotatable bonds is 21. The first-order valence-electron chi connectivity index (χ1n) is 16.1. The number of aromatic nitrogens is 1. The summed E-state index contributed by atoms with van der Waals surface area (Å²) in [6.07, 6.45) is 0.917. The van der Waals surface area contributed by atoms with Crippen molar-refractivity contribution in [2.45, 2.75) is 32.2 Å². The summed E-state index contributed by atoms with van der Waals surface area (Å²) in [7, 11) is 7.05. The van der Waals surface area contributed by atoms with Gasteiger partial charge in [0.25, 0.3) is 0 Å². The van der Waals surface area contributed by atoms with Crippen LogP contribution in [0.3, 0.4) is 0 Å². The second-order valence-electron chi connectivity index (χ2n) is 11.6. The third-order valence-corrected chi connectivity index (χ3v) is 9.22. The fourth-order valence-electron chi connectivity index (χ4n) is 5.27. The van der Waals surface area contributed by atoms with E-state index in [1.807, 2.05) is 60.0 Å². The van der Waals surface area contributed by atoms with Gasteiger partial charge in [0.05, 0.1) is 62.4 Å². The molecule has 13 heteroatoms. The third-order valence-electron chi connectivity index (χ3n) is 7.76. The molecule has 1 amide bonds. The van der Waals surface area contributed by atoms with E-state index in [4.69, 9.17) is 35.3 Å². The minimum Gasteiger partial charge on any atom is -0.491 e. The maximum absolute atomic E-state index is 13.8. The van der Waals surface area contributed by atoms with Crippen LogP contribution in [0.2, 0.25) is 5.02 Å². The molecule has 0 saturated carbocycles. The minimum absolute atomic E-state index is 0.0428. The zero-order chi connectivity index (χ0) is 35.2. The third kappa shape index (κ3) is 11.6. The fraction of sp³-hybridized carbons (Fsp3) is 0.444. The predicted octanol–water partition coefficient (Wildman–Crippen LogP) is 4.48. The van der Waals surface area contributed by atoms with E-state index in [-0.39, 0.29) is 24.4 Å². The Morgan fingerprint density at radius 2 is 1.73 bits per heavy atom. The molecule has 0 aliphatic carbocycles. The number of hydrogen-bond acceptors (Lipinski definition) is 10. The van der Waals surface area contributed by atoms with Crippen LogP contribution in [0.4, 0.5) is 0 Å². The van der Waals surface area contributed by atoms with Gasteiger partial charge in [0.2, 0.25) is 11.3 Å². The second-order valence-corrected chi connectivity index (χ2v) is 13.2. The van der Waals surface area contributed by atoms with Crippen molar-refractivity contribution in [3.05, 3.63) is 97.1 Å². The molecular formula is C36H46ClN3O8S. The topological polar surface area (TPSA) is 121 Å². The van der Waals surface area contributed by atoms with E-state index in [1.54, 1.807) is 32.5 Å². The van der Waals surface area contributed by atoms with Crippen molar-refractivity contribution in [1.82, 2.24) is 14.8 Å². The van der Waals surface area contributed by atoms with Crippen LogP contribution >= 0.6 is 22.9 Å². The van der Waals surface area contributed by atoms with Crippen LogP contribution in [-0.2, 0) is 56.9 Å². The van der Waals surface area contributed by atoms with E-state index in [0.29, 0.717) is 80.3 Å². The lowest BCUT2D eigenvalue weighted by molar-refractivity contribution is -0.120. The maximum atomic E-state index is 13.8. The Kier molecular flexibility index (Phi) is 15.5. The minimum atomic E-state index is -0.772. The van der Waals surface area contributed by atoms with Crippen LogP contribution in [0.25, 0.3) is 10.2 Å². The van der Waals surface area contributed by atoms with Crippen LogP contribution < -0.4 is 15.5 Å². The van der Waals surface area contributed by atoms with E-state index < -0.39 is 6.10 Å². The SMILES string of the molecule is COCCOCCOc1cccc(C(O)CN(C)Cc2sc3c(=O)c(CC(=O)NCc4ccc(Cl)cc4)cn(C)c3c2COCCOC)c1. The molecule has 266 valence electrons. The van der Waals surface area contributed by atoms with Crippen LogP contribution in [0, 0.1) is 0 Å². The number of amides is 1. The van der Waals surface area contributed by atoms with E-state index in [0.717, 1.165) is 27.1 Å². The summed E-state index contributed by atoms with van der Waals surface area (Å²) in [6.45, 7) is 4.16. The van der Waals surface area contributed by atoms with Crippen molar-refractivity contribution in [1.29, 1.82) is 0 Å². The van der Waals surface area contributed by atoms with E-state index in [2.05, 4.69) is 5.32 Å². The Morgan fingerprint density at radius 1 is 1.02 bits per heavy atom. The molecule has 1 unspecified atom stereocenters. The highest BCUT2D eigenvalue weighted by Gasteiger charge is 2.22. The van der Waals surface area contributed by atoms with Crippen molar-refractivity contribution >= 4 is 39.1 Å². The van der Waals surface area contributed by atoms with Crippen molar-refractivity contribution in [2.24, 2.45) is 7.05 Å². The molecule has 2 aromatic heterocycles. The van der Waals surface area contributed by atoms with Crippen molar-refractivity contribution < 1.29 is 33.6 Å². The molecule has 49 heavy (non-hydrogen) atoms. The van der Waals surface area contributed by atoms with E-state index in [9.17, 15) is 14.7 Å². The molecule has 2 heterocycles. The number of carbonyl (C=O) groups is 1. The molecule has 0 spiro atoms. The standard InChI is InChI=1S/C36H46ClN3O8S/c1-39(22-31(41)26-6-5-7-29(18-26)48-17-16-46-14-12-44-3)23-32-30(24-47-15-13-45-4)34-36(49-32)35(43)27(21-40(34)2)19-33(42)38-20-25-8-10-28(37)11-9-25/h5-11,18,21,31,41H,12-17,19-20,22-24H2,1-4H3,(H,38,42). The molecule has 0 bridgehead atoms. The molecule has 2 N–H and O–H groups in total. The van der Waals surface area contributed by atoms with Gasteiger partial charge in [-0.15, -0.1) is 11.3 Å². The number of nitrogens with one attached hydrogen (secondary N) is 1. The monoisotopic (exact) mass is 715 g/mol. The van der Waals surface area contributed by atoms with Gasteiger partial charge in [-0.1, -0.05) is 35.9 Å². The average molecular weight is 716 g/mol. The Morgan fingerprint density at radius 3 is 2.47 bits per heavy atom. The number of halogens is 1. The molecule has 1 atom stereocenters. The number of likely N-dealkylation sites (N-methyl/N-ethyl adjacent to an activating group) is 1. The summed E-state index contributed by atoms with van der Waals surface area (Å²) in [5, 5.41) is 14.7. The smallest absolute Gasteiger partial charge is 0.224 e. The highest BCUT2D eigenvalue weighted by Crippen LogP contribution is 2.32. The first kappa shape index (κ1) is 38.5. The molecule has 0 radical (unpaired) electrons. The van der Waals surface area contributed by atoms with Gasteiger partial charge >= 0.3 is 0 Å². The van der Waals surface area contributed by atoms with Gasteiger partial charge in [-0.25, -0.2) is 0 Å². The molecule has 4 aromatic rings.